The van der Waals surface area contributed by atoms with Crippen LogP contribution in [0.1, 0.15) is 47.0 Å². The predicted octanol–water partition coefficient (Wildman–Crippen LogP) is 2.60. The van der Waals surface area contributed by atoms with E-state index in [9.17, 15) is 0 Å². The zero-order valence-electron chi connectivity index (χ0n) is 10.0. The minimum atomic E-state index is -0.560. The summed E-state index contributed by atoms with van der Waals surface area (Å²) in [4.78, 5) is 0. The topological polar surface area (TPSA) is 35.2 Å². The molecule has 0 saturated carbocycles. The number of hydrogen-bond donors (Lipinski definition) is 1. The summed E-state index contributed by atoms with van der Waals surface area (Å²) in [6.45, 7) is 9.79. The summed E-state index contributed by atoms with van der Waals surface area (Å²) in [5.74, 6) is 0.687. The van der Waals surface area contributed by atoms with E-state index < -0.39 is 21.6 Å². The number of nitrogens with two attached hydrogens (primary N) is 1. The van der Waals surface area contributed by atoms with Gasteiger partial charge in [0.15, 0.2) is 0 Å². The SMILES string of the molecule is CC(C)C[O][Sn][CH](C)CCCC(C)N. The van der Waals surface area contributed by atoms with Crippen LogP contribution >= 0.6 is 0 Å². The second kappa shape index (κ2) is 8.98. The zero-order valence-corrected chi connectivity index (χ0v) is 12.9. The Hall–Kier alpha value is 0.719. The Morgan fingerprint density at radius 1 is 1.14 bits per heavy atom. The van der Waals surface area contributed by atoms with E-state index in [2.05, 4.69) is 27.7 Å². The van der Waals surface area contributed by atoms with Gasteiger partial charge in [-0.1, -0.05) is 0 Å². The van der Waals surface area contributed by atoms with Crippen molar-refractivity contribution < 1.29 is 3.07 Å². The van der Waals surface area contributed by atoms with Crippen LogP contribution < -0.4 is 5.73 Å². The monoisotopic (exact) mass is 307 g/mol. The molecule has 0 saturated heterocycles. The minimum absolute atomic E-state index is 0.365. The molecule has 0 heterocycles. The van der Waals surface area contributed by atoms with Crippen LogP contribution in [0, 0.1) is 5.92 Å². The molecule has 0 aromatic heterocycles. The van der Waals surface area contributed by atoms with Gasteiger partial charge in [-0.05, 0) is 0 Å². The summed E-state index contributed by atoms with van der Waals surface area (Å²) >= 11 is -0.560. The van der Waals surface area contributed by atoms with E-state index in [1.165, 1.54) is 12.8 Å². The summed E-state index contributed by atoms with van der Waals surface area (Å²) in [6.07, 6.45) is 3.74. The molecule has 0 spiro atoms. The molecule has 0 rings (SSSR count). The Balaban J connectivity index is 3.23. The molecular weight excluding hydrogens is 281 g/mol. The predicted molar refractivity (Wildman–Crippen MR) is 63.5 cm³/mol. The first kappa shape index (κ1) is 14.7. The van der Waals surface area contributed by atoms with E-state index in [1.54, 1.807) is 0 Å². The molecule has 0 bridgehead atoms. The van der Waals surface area contributed by atoms with Crippen LogP contribution in [0.5, 0.6) is 0 Å². The molecule has 0 aliphatic rings. The molecule has 0 aromatic carbocycles. The zero-order chi connectivity index (χ0) is 11.0. The maximum atomic E-state index is 5.75. The fourth-order valence-corrected chi connectivity index (χ4v) is 4.12. The molecule has 0 amide bonds. The van der Waals surface area contributed by atoms with Crippen molar-refractivity contribution in [3.8, 4) is 0 Å². The van der Waals surface area contributed by atoms with E-state index in [0.717, 1.165) is 17.0 Å². The molecule has 2 atom stereocenters. The molecule has 0 aromatic rings. The molecule has 2 radical (unpaired) electrons. The third-order valence-electron chi connectivity index (χ3n) is 2.00. The summed E-state index contributed by atoms with van der Waals surface area (Å²) in [5, 5.41) is 0. The Morgan fingerprint density at radius 2 is 1.79 bits per heavy atom. The molecule has 84 valence electrons. The van der Waals surface area contributed by atoms with Crippen molar-refractivity contribution in [1.82, 2.24) is 0 Å². The van der Waals surface area contributed by atoms with Gasteiger partial charge >= 0.3 is 99.8 Å². The van der Waals surface area contributed by atoms with Crippen molar-refractivity contribution in [3.05, 3.63) is 0 Å². The van der Waals surface area contributed by atoms with Crippen molar-refractivity contribution >= 4 is 21.6 Å². The van der Waals surface area contributed by atoms with Crippen LogP contribution in [0.15, 0.2) is 0 Å². The van der Waals surface area contributed by atoms with Gasteiger partial charge in [-0.2, -0.15) is 0 Å². The average Bonchev–Trinajstić information content (AvgIpc) is 2.02. The Morgan fingerprint density at radius 3 is 2.29 bits per heavy atom. The normalized spacial score (nSPS) is 15.9. The fourth-order valence-electron chi connectivity index (χ4n) is 1.16. The fraction of sp³-hybridized carbons (Fsp3) is 1.00. The van der Waals surface area contributed by atoms with Gasteiger partial charge in [-0.3, -0.25) is 0 Å². The second-order valence-electron chi connectivity index (χ2n) is 4.63. The molecule has 2 unspecified atom stereocenters. The summed E-state index contributed by atoms with van der Waals surface area (Å²) in [5.41, 5.74) is 5.70. The standard InChI is InChI=1S/C7H16N.C4H9O.Sn/c1-3-4-5-6-7(2)8;1-4(2)3-5;/h3,7H,4-6,8H2,1-2H3;4H,3H2,1-2H3;/q;-1;+1. The van der Waals surface area contributed by atoms with Crippen molar-refractivity contribution in [2.75, 3.05) is 6.61 Å². The van der Waals surface area contributed by atoms with E-state index in [-0.39, 0.29) is 0 Å². The molecule has 2 N–H and O–H groups in total. The van der Waals surface area contributed by atoms with Gasteiger partial charge in [-0.25, -0.2) is 0 Å². The van der Waals surface area contributed by atoms with Crippen LogP contribution in [0.4, 0.5) is 0 Å². The van der Waals surface area contributed by atoms with E-state index >= 15 is 0 Å². The van der Waals surface area contributed by atoms with Gasteiger partial charge in [0.2, 0.25) is 0 Å². The average molecular weight is 306 g/mol. The van der Waals surface area contributed by atoms with Gasteiger partial charge in [0.1, 0.15) is 0 Å². The van der Waals surface area contributed by atoms with E-state index in [4.69, 9.17) is 8.81 Å². The van der Waals surface area contributed by atoms with Gasteiger partial charge in [0.05, 0.1) is 0 Å². The van der Waals surface area contributed by atoms with E-state index in [0.29, 0.717) is 12.0 Å². The summed E-state index contributed by atoms with van der Waals surface area (Å²) in [7, 11) is 0. The number of hydrogen-bond acceptors (Lipinski definition) is 2. The van der Waals surface area contributed by atoms with Crippen molar-refractivity contribution in [2.45, 2.75) is 56.9 Å². The van der Waals surface area contributed by atoms with Crippen LogP contribution in [0.2, 0.25) is 3.93 Å². The van der Waals surface area contributed by atoms with Gasteiger partial charge in [-0.15, -0.1) is 0 Å². The molecular formula is C11H25NOSn. The van der Waals surface area contributed by atoms with E-state index in [1.807, 2.05) is 0 Å². The van der Waals surface area contributed by atoms with Crippen molar-refractivity contribution in [2.24, 2.45) is 11.7 Å². The Kier molecular flexibility index (Phi) is 9.44. The first-order chi connectivity index (χ1) is 6.52. The third kappa shape index (κ3) is 10.8. The van der Waals surface area contributed by atoms with Crippen LogP contribution in [0.25, 0.3) is 0 Å². The van der Waals surface area contributed by atoms with Gasteiger partial charge < -0.3 is 0 Å². The van der Waals surface area contributed by atoms with Crippen LogP contribution in [0.3, 0.4) is 0 Å². The third-order valence-corrected chi connectivity index (χ3v) is 4.92. The first-order valence-electron chi connectivity index (χ1n) is 5.65. The molecule has 0 aliphatic heterocycles. The summed E-state index contributed by atoms with van der Waals surface area (Å²) < 4.78 is 6.60. The van der Waals surface area contributed by atoms with Crippen molar-refractivity contribution in [3.63, 3.8) is 0 Å². The van der Waals surface area contributed by atoms with Gasteiger partial charge in [0, 0.05) is 0 Å². The van der Waals surface area contributed by atoms with Crippen LogP contribution in [-0.2, 0) is 3.07 Å². The maximum absolute atomic E-state index is 5.75. The second-order valence-corrected chi connectivity index (χ2v) is 8.94. The van der Waals surface area contributed by atoms with Gasteiger partial charge in [0.25, 0.3) is 0 Å². The van der Waals surface area contributed by atoms with Crippen molar-refractivity contribution in [1.29, 1.82) is 0 Å². The number of rotatable bonds is 8. The quantitative estimate of drug-likeness (QED) is 0.700. The van der Waals surface area contributed by atoms with Crippen LogP contribution in [-0.4, -0.2) is 34.2 Å². The summed E-state index contributed by atoms with van der Waals surface area (Å²) in [6, 6.07) is 0.365. The molecule has 2 nitrogen and oxygen atoms in total. The molecule has 14 heavy (non-hydrogen) atoms. The molecule has 3 heteroatoms. The molecule has 0 aliphatic carbocycles. The molecule has 0 fully saturated rings. The first-order valence-corrected chi connectivity index (χ1v) is 8.46. The Labute approximate surface area is 99.7 Å². The Bertz CT molecular complexity index is 114.